The van der Waals surface area contributed by atoms with E-state index in [-0.39, 0.29) is 11.9 Å². The molecule has 1 atom stereocenters. The molecule has 0 radical (unpaired) electrons. The Morgan fingerprint density at radius 2 is 1.73 bits per heavy atom. The monoisotopic (exact) mass is 321 g/mol. The van der Waals surface area contributed by atoms with Crippen LogP contribution < -0.4 is 5.32 Å². The Balaban J connectivity index is 1.92. The first kappa shape index (κ1) is 16.6. The lowest BCUT2D eigenvalue weighted by Crippen LogP contribution is -2.21. The van der Waals surface area contributed by atoms with Crippen molar-refractivity contribution in [2.24, 2.45) is 0 Å². The summed E-state index contributed by atoms with van der Waals surface area (Å²) in [7, 11) is -3.17. The van der Waals surface area contributed by atoms with E-state index in [4.69, 9.17) is 0 Å². The summed E-state index contributed by atoms with van der Waals surface area (Å²) in [5.41, 5.74) is 1.69. The third-order valence-corrected chi connectivity index (χ3v) is 4.74. The minimum atomic E-state index is -3.17. The van der Waals surface area contributed by atoms with Crippen LogP contribution in [0.2, 0.25) is 0 Å². The lowest BCUT2D eigenvalue weighted by atomic mass is 10.1. The van der Waals surface area contributed by atoms with Crippen molar-refractivity contribution in [2.45, 2.75) is 24.3 Å². The standard InChI is InChI=1S/C17H20FNO2S/c1-13(14-7-9-16(10-8-14)22(2,20)21)19-12-11-15-5-3-4-6-17(15)18/h3-10,13,19H,11-12H2,1-2H3. The Morgan fingerprint density at radius 3 is 2.32 bits per heavy atom. The molecule has 3 nitrogen and oxygen atoms in total. The summed E-state index contributed by atoms with van der Waals surface area (Å²) in [6, 6.07) is 13.6. The van der Waals surface area contributed by atoms with E-state index in [0.717, 1.165) is 5.56 Å². The van der Waals surface area contributed by atoms with E-state index in [1.807, 2.05) is 13.0 Å². The van der Waals surface area contributed by atoms with Gasteiger partial charge >= 0.3 is 0 Å². The lowest BCUT2D eigenvalue weighted by molar-refractivity contribution is 0.559. The summed E-state index contributed by atoms with van der Waals surface area (Å²) in [6.07, 6.45) is 1.80. The number of hydrogen-bond acceptors (Lipinski definition) is 3. The average Bonchev–Trinajstić information content (AvgIpc) is 2.48. The predicted molar refractivity (Wildman–Crippen MR) is 86.1 cm³/mol. The maximum absolute atomic E-state index is 13.5. The van der Waals surface area contributed by atoms with Crippen LogP contribution in [0.5, 0.6) is 0 Å². The fourth-order valence-corrected chi connectivity index (χ4v) is 2.88. The van der Waals surface area contributed by atoms with Crippen LogP contribution in [0.25, 0.3) is 0 Å². The highest BCUT2D eigenvalue weighted by Crippen LogP contribution is 2.16. The van der Waals surface area contributed by atoms with E-state index < -0.39 is 9.84 Å². The Morgan fingerprint density at radius 1 is 1.09 bits per heavy atom. The van der Waals surface area contributed by atoms with Crippen LogP contribution in [0, 0.1) is 5.82 Å². The molecule has 0 spiro atoms. The van der Waals surface area contributed by atoms with Crippen LogP contribution in [0.3, 0.4) is 0 Å². The molecule has 0 aliphatic carbocycles. The molecule has 0 aliphatic rings. The maximum Gasteiger partial charge on any atom is 0.175 e. The SMILES string of the molecule is CC(NCCc1ccccc1F)c1ccc(S(C)(=O)=O)cc1. The van der Waals surface area contributed by atoms with Crippen LogP contribution in [0.4, 0.5) is 4.39 Å². The van der Waals surface area contributed by atoms with E-state index in [9.17, 15) is 12.8 Å². The number of nitrogens with one attached hydrogen (secondary N) is 1. The zero-order valence-electron chi connectivity index (χ0n) is 12.7. The Labute approximate surface area is 131 Å². The minimum Gasteiger partial charge on any atom is -0.310 e. The molecule has 5 heteroatoms. The number of rotatable bonds is 6. The molecule has 0 heterocycles. The summed E-state index contributed by atoms with van der Waals surface area (Å²) in [5.74, 6) is -0.186. The third kappa shape index (κ3) is 4.39. The van der Waals surface area contributed by atoms with Crippen molar-refractivity contribution in [3.05, 3.63) is 65.5 Å². The first-order chi connectivity index (χ1) is 10.4. The highest BCUT2D eigenvalue weighted by atomic mass is 32.2. The maximum atomic E-state index is 13.5. The van der Waals surface area contributed by atoms with Crippen molar-refractivity contribution < 1.29 is 12.8 Å². The molecule has 1 unspecified atom stereocenters. The lowest BCUT2D eigenvalue weighted by Gasteiger charge is -2.15. The number of hydrogen-bond donors (Lipinski definition) is 1. The zero-order chi connectivity index (χ0) is 16.2. The van der Waals surface area contributed by atoms with Gasteiger partial charge in [0.2, 0.25) is 0 Å². The molecule has 0 amide bonds. The quantitative estimate of drug-likeness (QED) is 0.889. The van der Waals surface area contributed by atoms with Gasteiger partial charge in [-0.05, 0) is 49.2 Å². The Kier molecular flexibility index (Phi) is 5.32. The summed E-state index contributed by atoms with van der Waals surface area (Å²) in [4.78, 5) is 0.315. The fourth-order valence-electron chi connectivity index (χ4n) is 2.25. The second-order valence-corrected chi connectivity index (χ2v) is 7.37. The van der Waals surface area contributed by atoms with Gasteiger partial charge in [0.05, 0.1) is 4.90 Å². The van der Waals surface area contributed by atoms with Gasteiger partial charge in [0.15, 0.2) is 9.84 Å². The molecule has 0 aromatic heterocycles. The van der Waals surface area contributed by atoms with Crippen molar-refractivity contribution in [3.8, 4) is 0 Å². The molecule has 0 fully saturated rings. The molecule has 2 aromatic carbocycles. The number of sulfone groups is 1. The van der Waals surface area contributed by atoms with Gasteiger partial charge in [-0.2, -0.15) is 0 Å². The summed E-state index contributed by atoms with van der Waals surface area (Å²) < 4.78 is 36.4. The number of halogens is 1. The van der Waals surface area contributed by atoms with Gasteiger partial charge in [-0.1, -0.05) is 30.3 Å². The highest BCUT2D eigenvalue weighted by molar-refractivity contribution is 7.90. The van der Waals surface area contributed by atoms with E-state index in [1.165, 1.54) is 12.3 Å². The largest absolute Gasteiger partial charge is 0.310 e. The predicted octanol–water partition coefficient (Wildman–Crippen LogP) is 3.12. The van der Waals surface area contributed by atoms with Gasteiger partial charge in [0, 0.05) is 12.3 Å². The fraction of sp³-hybridized carbons (Fsp3) is 0.294. The van der Waals surface area contributed by atoms with Gasteiger partial charge in [-0.3, -0.25) is 0 Å². The first-order valence-electron chi connectivity index (χ1n) is 7.15. The average molecular weight is 321 g/mol. The topological polar surface area (TPSA) is 46.2 Å². The molecule has 2 rings (SSSR count). The van der Waals surface area contributed by atoms with Crippen molar-refractivity contribution in [2.75, 3.05) is 12.8 Å². The molecule has 118 valence electrons. The molecule has 2 aromatic rings. The van der Waals surface area contributed by atoms with Crippen molar-refractivity contribution in [1.82, 2.24) is 5.32 Å². The normalized spacial score (nSPS) is 13.0. The molecular formula is C17H20FNO2S. The van der Waals surface area contributed by atoms with Crippen LogP contribution in [-0.2, 0) is 16.3 Å². The molecule has 22 heavy (non-hydrogen) atoms. The molecular weight excluding hydrogens is 301 g/mol. The van der Waals surface area contributed by atoms with Gasteiger partial charge in [0.25, 0.3) is 0 Å². The molecule has 0 saturated heterocycles. The summed E-state index contributed by atoms with van der Waals surface area (Å²) >= 11 is 0. The first-order valence-corrected chi connectivity index (χ1v) is 9.04. The summed E-state index contributed by atoms with van der Waals surface area (Å²) in [5, 5.41) is 3.32. The van der Waals surface area contributed by atoms with E-state index in [0.29, 0.717) is 23.4 Å². The van der Waals surface area contributed by atoms with Crippen LogP contribution in [0.15, 0.2) is 53.4 Å². The van der Waals surface area contributed by atoms with Gasteiger partial charge in [-0.25, -0.2) is 12.8 Å². The second kappa shape index (κ2) is 7.03. The van der Waals surface area contributed by atoms with Crippen LogP contribution in [0.1, 0.15) is 24.1 Å². The molecule has 0 aliphatic heterocycles. The zero-order valence-corrected chi connectivity index (χ0v) is 13.5. The van der Waals surface area contributed by atoms with Crippen LogP contribution in [-0.4, -0.2) is 21.2 Å². The van der Waals surface area contributed by atoms with E-state index >= 15 is 0 Å². The molecule has 0 saturated carbocycles. The Bertz CT molecular complexity index is 727. The van der Waals surface area contributed by atoms with Crippen LogP contribution >= 0.6 is 0 Å². The van der Waals surface area contributed by atoms with Gasteiger partial charge in [-0.15, -0.1) is 0 Å². The second-order valence-electron chi connectivity index (χ2n) is 5.36. The van der Waals surface area contributed by atoms with E-state index in [2.05, 4.69) is 5.32 Å². The van der Waals surface area contributed by atoms with Gasteiger partial charge < -0.3 is 5.32 Å². The van der Waals surface area contributed by atoms with Crippen molar-refractivity contribution >= 4 is 9.84 Å². The smallest absolute Gasteiger partial charge is 0.175 e. The third-order valence-electron chi connectivity index (χ3n) is 3.61. The van der Waals surface area contributed by atoms with Gasteiger partial charge in [0.1, 0.15) is 5.82 Å². The van der Waals surface area contributed by atoms with E-state index in [1.54, 1.807) is 36.4 Å². The minimum absolute atomic E-state index is 0.0698. The summed E-state index contributed by atoms with van der Waals surface area (Å²) in [6.45, 7) is 2.65. The highest BCUT2D eigenvalue weighted by Gasteiger charge is 2.09. The van der Waals surface area contributed by atoms with Crippen molar-refractivity contribution in [1.29, 1.82) is 0 Å². The molecule has 1 N–H and O–H groups in total. The Hall–Kier alpha value is -1.72. The molecule has 0 bridgehead atoms. The van der Waals surface area contributed by atoms with Crippen molar-refractivity contribution in [3.63, 3.8) is 0 Å². The number of benzene rings is 2.